The minimum atomic E-state index is 0.165. The summed E-state index contributed by atoms with van der Waals surface area (Å²) < 4.78 is 1.81. The first-order valence-electron chi connectivity index (χ1n) is 6.30. The molecule has 3 heteroatoms. The smallest absolute Gasteiger partial charge is 0.254 e. The maximum absolute atomic E-state index is 12.4. The molecule has 2 heterocycles. The fraction of sp³-hybridized carbons (Fsp3) is 0.267. The second-order valence-corrected chi connectivity index (χ2v) is 4.66. The number of nitrogens with one attached hydrogen (secondary N) is 1. The van der Waals surface area contributed by atoms with Gasteiger partial charge in [0.25, 0.3) is 5.56 Å². The monoisotopic (exact) mass is 240 g/mol. The fourth-order valence-electron chi connectivity index (χ4n) is 2.43. The molecule has 0 amide bonds. The van der Waals surface area contributed by atoms with Crippen molar-refractivity contribution in [2.24, 2.45) is 0 Å². The van der Waals surface area contributed by atoms with Crippen molar-refractivity contribution in [2.45, 2.75) is 19.5 Å². The van der Waals surface area contributed by atoms with Crippen LogP contribution in [0.1, 0.15) is 16.7 Å². The third-order valence-corrected chi connectivity index (χ3v) is 3.43. The van der Waals surface area contributed by atoms with Crippen LogP contribution in [0.5, 0.6) is 0 Å². The zero-order valence-electron chi connectivity index (χ0n) is 10.2. The Morgan fingerprint density at radius 3 is 2.83 bits per heavy atom. The molecule has 0 spiro atoms. The van der Waals surface area contributed by atoms with Crippen LogP contribution in [-0.4, -0.2) is 11.1 Å². The van der Waals surface area contributed by atoms with Crippen molar-refractivity contribution >= 4 is 0 Å². The van der Waals surface area contributed by atoms with E-state index in [1.165, 1.54) is 0 Å². The highest BCUT2D eigenvalue weighted by Gasteiger charge is 2.13. The number of aromatic nitrogens is 1. The van der Waals surface area contributed by atoms with Gasteiger partial charge in [-0.2, -0.15) is 0 Å². The standard InChI is InChI=1S/C15H16N2O/c18-15-14-6-8-16-10-13(14)7-9-17(15)11-12-4-2-1-3-5-12/h1-5,7,9,16H,6,8,10-11H2. The number of fused-ring (bicyclic) bond motifs is 1. The van der Waals surface area contributed by atoms with Crippen molar-refractivity contribution in [3.05, 3.63) is 69.6 Å². The van der Waals surface area contributed by atoms with E-state index in [1.54, 1.807) is 4.57 Å². The van der Waals surface area contributed by atoms with E-state index < -0.39 is 0 Å². The predicted molar refractivity (Wildman–Crippen MR) is 71.7 cm³/mol. The molecule has 0 saturated heterocycles. The lowest BCUT2D eigenvalue weighted by Gasteiger charge is -2.18. The lowest BCUT2D eigenvalue weighted by atomic mass is 10.0. The highest BCUT2D eigenvalue weighted by molar-refractivity contribution is 5.27. The Labute approximate surface area is 106 Å². The van der Waals surface area contributed by atoms with Gasteiger partial charge in [0.15, 0.2) is 0 Å². The van der Waals surface area contributed by atoms with Crippen LogP contribution in [0.15, 0.2) is 47.4 Å². The van der Waals surface area contributed by atoms with E-state index in [0.717, 1.165) is 36.2 Å². The van der Waals surface area contributed by atoms with Gasteiger partial charge in [-0.15, -0.1) is 0 Å². The highest BCUT2D eigenvalue weighted by atomic mass is 16.1. The van der Waals surface area contributed by atoms with E-state index in [9.17, 15) is 4.79 Å². The normalized spacial score (nSPS) is 14.2. The molecule has 92 valence electrons. The molecule has 18 heavy (non-hydrogen) atoms. The molecule has 0 saturated carbocycles. The summed E-state index contributed by atoms with van der Waals surface area (Å²) in [6.07, 6.45) is 2.74. The Bertz CT molecular complexity index is 602. The Balaban J connectivity index is 1.96. The van der Waals surface area contributed by atoms with Gasteiger partial charge in [0, 0.05) is 18.3 Å². The van der Waals surface area contributed by atoms with Crippen molar-refractivity contribution < 1.29 is 0 Å². The SMILES string of the molecule is O=c1c2c(ccn1Cc1ccccc1)CNCC2. The van der Waals surface area contributed by atoms with Gasteiger partial charge in [0.05, 0.1) is 6.54 Å². The van der Waals surface area contributed by atoms with Crippen LogP contribution >= 0.6 is 0 Å². The highest BCUT2D eigenvalue weighted by Crippen LogP contribution is 2.09. The number of hydrogen-bond acceptors (Lipinski definition) is 2. The molecular weight excluding hydrogens is 224 g/mol. The first-order valence-corrected chi connectivity index (χ1v) is 6.30. The topological polar surface area (TPSA) is 34.0 Å². The van der Waals surface area contributed by atoms with Gasteiger partial charge in [-0.05, 0) is 30.2 Å². The van der Waals surface area contributed by atoms with E-state index in [4.69, 9.17) is 0 Å². The predicted octanol–water partition coefficient (Wildman–Crippen LogP) is 1.54. The van der Waals surface area contributed by atoms with Gasteiger partial charge >= 0.3 is 0 Å². The van der Waals surface area contributed by atoms with E-state index in [0.29, 0.717) is 6.54 Å². The molecule has 0 unspecified atom stereocenters. The largest absolute Gasteiger partial charge is 0.312 e. The summed E-state index contributed by atoms with van der Waals surface area (Å²) >= 11 is 0. The van der Waals surface area contributed by atoms with Crippen molar-refractivity contribution in [3.63, 3.8) is 0 Å². The maximum atomic E-state index is 12.4. The Morgan fingerprint density at radius 2 is 2.00 bits per heavy atom. The molecule has 1 aliphatic rings. The van der Waals surface area contributed by atoms with E-state index in [2.05, 4.69) is 11.4 Å². The Hall–Kier alpha value is -1.87. The van der Waals surface area contributed by atoms with Gasteiger partial charge < -0.3 is 9.88 Å². The molecule has 1 N–H and O–H groups in total. The first kappa shape index (κ1) is 11.2. The molecule has 0 atom stereocenters. The molecule has 2 aromatic rings. The summed E-state index contributed by atoms with van der Waals surface area (Å²) in [5.41, 5.74) is 3.45. The molecule has 0 bridgehead atoms. The molecule has 1 aliphatic heterocycles. The molecule has 0 radical (unpaired) electrons. The minimum absolute atomic E-state index is 0.165. The van der Waals surface area contributed by atoms with Crippen LogP contribution in [0.25, 0.3) is 0 Å². The first-order chi connectivity index (χ1) is 8.84. The van der Waals surface area contributed by atoms with Crippen molar-refractivity contribution in [2.75, 3.05) is 6.54 Å². The quantitative estimate of drug-likeness (QED) is 0.864. The zero-order valence-corrected chi connectivity index (χ0v) is 10.2. The number of benzene rings is 1. The Morgan fingerprint density at radius 1 is 1.17 bits per heavy atom. The molecule has 0 aliphatic carbocycles. The number of nitrogens with zero attached hydrogens (tertiary/aromatic N) is 1. The summed E-state index contributed by atoms with van der Waals surface area (Å²) in [5.74, 6) is 0. The molecule has 3 nitrogen and oxygen atoms in total. The molecular formula is C15H16N2O. The van der Waals surface area contributed by atoms with Gasteiger partial charge in [-0.25, -0.2) is 0 Å². The fourth-order valence-corrected chi connectivity index (χ4v) is 2.43. The van der Waals surface area contributed by atoms with Gasteiger partial charge in [-0.3, -0.25) is 4.79 Å². The van der Waals surface area contributed by atoms with Crippen molar-refractivity contribution in [3.8, 4) is 0 Å². The van der Waals surface area contributed by atoms with Crippen LogP contribution < -0.4 is 10.9 Å². The number of rotatable bonds is 2. The zero-order chi connectivity index (χ0) is 12.4. The summed E-state index contributed by atoms with van der Waals surface area (Å²) in [6.45, 7) is 2.37. The lowest BCUT2D eigenvalue weighted by molar-refractivity contribution is 0.621. The molecule has 1 aromatic carbocycles. The number of pyridine rings is 1. The van der Waals surface area contributed by atoms with Crippen LogP contribution in [-0.2, 0) is 19.5 Å². The molecule has 1 aromatic heterocycles. The lowest BCUT2D eigenvalue weighted by Crippen LogP contribution is -2.33. The molecule has 0 fully saturated rings. The summed E-state index contributed by atoms with van der Waals surface area (Å²) in [7, 11) is 0. The summed E-state index contributed by atoms with van der Waals surface area (Å²) in [5, 5.41) is 3.29. The van der Waals surface area contributed by atoms with E-state index >= 15 is 0 Å². The summed E-state index contributed by atoms with van der Waals surface area (Å²) in [6, 6.07) is 12.2. The van der Waals surface area contributed by atoms with Crippen molar-refractivity contribution in [1.29, 1.82) is 0 Å². The summed E-state index contributed by atoms with van der Waals surface area (Å²) in [4.78, 5) is 12.4. The molecule has 3 rings (SSSR count). The van der Waals surface area contributed by atoms with Crippen LogP contribution in [0.3, 0.4) is 0 Å². The van der Waals surface area contributed by atoms with Gasteiger partial charge in [0.2, 0.25) is 0 Å². The second kappa shape index (κ2) is 4.78. The third-order valence-electron chi connectivity index (χ3n) is 3.43. The van der Waals surface area contributed by atoms with Crippen LogP contribution in [0.4, 0.5) is 0 Å². The maximum Gasteiger partial charge on any atom is 0.254 e. The average Bonchev–Trinajstić information content (AvgIpc) is 2.43. The van der Waals surface area contributed by atoms with E-state index in [1.807, 2.05) is 36.5 Å². The van der Waals surface area contributed by atoms with Gasteiger partial charge in [0.1, 0.15) is 0 Å². The number of hydrogen-bond donors (Lipinski definition) is 1. The average molecular weight is 240 g/mol. The Kier molecular flexibility index (Phi) is 2.99. The van der Waals surface area contributed by atoms with Crippen LogP contribution in [0.2, 0.25) is 0 Å². The minimum Gasteiger partial charge on any atom is -0.312 e. The van der Waals surface area contributed by atoms with Gasteiger partial charge in [-0.1, -0.05) is 30.3 Å². The third kappa shape index (κ3) is 2.09. The van der Waals surface area contributed by atoms with Crippen LogP contribution in [0, 0.1) is 0 Å². The van der Waals surface area contributed by atoms with E-state index in [-0.39, 0.29) is 5.56 Å². The second-order valence-electron chi connectivity index (χ2n) is 4.66. The van der Waals surface area contributed by atoms with Crippen molar-refractivity contribution in [1.82, 2.24) is 9.88 Å².